The number of aryl methyl sites for hydroxylation is 1. The summed E-state index contributed by atoms with van der Waals surface area (Å²) < 4.78 is 0. The Morgan fingerprint density at radius 1 is 1.50 bits per heavy atom. The average molecular weight is 161 g/mol. The molecule has 0 unspecified atom stereocenters. The van der Waals surface area contributed by atoms with E-state index in [-0.39, 0.29) is 0 Å². The second-order valence-corrected chi connectivity index (χ2v) is 2.43. The Kier molecular flexibility index (Phi) is 3.20. The summed E-state index contributed by atoms with van der Waals surface area (Å²) in [5, 5.41) is 0. The molecule has 0 aromatic carbocycles. The molecule has 0 radical (unpaired) electrons. The van der Waals surface area contributed by atoms with Crippen molar-refractivity contribution >= 4 is 12.4 Å². The average Bonchev–Trinajstić information content (AvgIpc) is 2.15. The van der Waals surface area contributed by atoms with Gasteiger partial charge in [0.15, 0.2) is 0 Å². The van der Waals surface area contributed by atoms with Crippen molar-refractivity contribution in [1.82, 2.24) is 4.98 Å². The van der Waals surface area contributed by atoms with Gasteiger partial charge in [-0.3, -0.25) is 9.78 Å². The van der Waals surface area contributed by atoms with Crippen LogP contribution in [0.3, 0.4) is 0 Å². The molecule has 0 aliphatic carbocycles. The fraction of sp³-hybridized carbons (Fsp3) is 0.200. The summed E-state index contributed by atoms with van der Waals surface area (Å²) in [7, 11) is 0. The van der Waals surface area contributed by atoms with Gasteiger partial charge >= 0.3 is 0 Å². The summed E-state index contributed by atoms with van der Waals surface area (Å²) in [6.07, 6.45) is 6.66. The van der Waals surface area contributed by atoms with Gasteiger partial charge in [0.05, 0.1) is 0 Å². The molecule has 1 heterocycles. The third-order valence-corrected chi connectivity index (χ3v) is 1.58. The summed E-state index contributed by atoms with van der Waals surface area (Å²) in [6, 6.07) is 3.91. The lowest BCUT2D eigenvalue weighted by Crippen LogP contribution is -1.85. The fourth-order valence-electron chi connectivity index (χ4n) is 0.894. The van der Waals surface area contributed by atoms with Gasteiger partial charge in [0.25, 0.3) is 0 Å². The topological polar surface area (TPSA) is 30.0 Å². The van der Waals surface area contributed by atoms with Gasteiger partial charge in [-0.05, 0) is 24.1 Å². The Morgan fingerprint density at radius 2 is 2.33 bits per heavy atom. The number of allylic oxidation sites excluding steroid dienone is 1. The molecule has 12 heavy (non-hydrogen) atoms. The quantitative estimate of drug-likeness (QED) is 0.500. The molecule has 0 atom stereocenters. The van der Waals surface area contributed by atoms with Crippen LogP contribution < -0.4 is 0 Å². The summed E-state index contributed by atoms with van der Waals surface area (Å²) in [5.74, 6) is 0. The molecular formula is C10H11NO. The largest absolute Gasteiger partial charge is 0.299 e. The lowest BCUT2D eigenvalue weighted by atomic mass is 10.2. The standard InChI is InChI=1S/C10H11NO/c1-2-10-6-5-9(8-11-10)4-3-7-12/h3-8H,2H2,1H3/b4-3+. The molecule has 2 heteroatoms. The zero-order chi connectivity index (χ0) is 8.81. The van der Waals surface area contributed by atoms with Crippen molar-refractivity contribution in [1.29, 1.82) is 0 Å². The van der Waals surface area contributed by atoms with Crippen LogP contribution in [-0.4, -0.2) is 11.3 Å². The van der Waals surface area contributed by atoms with Crippen molar-refractivity contribution in [3.8, 4) is 0 Å². The molecular weight excluding hydrogens is 150 g/mol. The number of rotatable bonds is 3. The highest BCUT2D eigenvalue weighted by atomic mass is 16.1. The third kappa shape index (κ3) is 2.31. The third-order valence-electron chi connectivity index (χ3n) is 1.58. The maximum absolute atomic E-state index is 9.99. The number of aromatic nitrogens is 1. The molecule has 1 aromatic heterocycles. The van der Waals surface area contributed by atoms with Crippen LogP contribution in [0.5, 0.6) is 0 Å². The normalized spacial score (nSPS) is 10.4. The second-order valence-electron chi connectivity index (χ2n) is 2.43. The van der Waals surface area contributed by atoms with Crippen molar-refractivity contribution in [2.75, 3.05) is 0 Å². The minimum Gasteiger partial charge on any atom is -0.299 e. The predicted octanol–water partition coefficient (Wildman–Crippen LogP) is 1.86. The molecule has 0 bridgehead atoms. The zero-order valence-corrected chi connectivity index (χ0v) is 7.03. The van der Waals surface area contributed by atoms with Gasteiger partial charge in [-0.25, -0.2) is 0 Å². The van der Waals surface area contributed by atoms with Gasteiger partial charge in [0.2, 0.25) is 0 Å². The van der Waals surface area contributed by atoms with E-state index in [1.165, 1.54) is 6.08 Å². The van der Waals surface area contributed by atoms with E-state index in [1.807, 2.05) is 12.1 Å². The van der Waals surface area contributed by atoms with E-state index in [0.717, 1.165) is 24.0 Å². The Morgan fingerprint density at radius 3 is 2.83 bits per heavy atom. The summed E-state index contributed by atoms with van der Waals surface area (Å²) in [5.41, 5.74) is 2.03. The second kappa shape index (κ2) is 4.44. The van der Waals surface area contributed by atoms with E-state index >= 15 is 0 Å². The molecule has 62 valence electrons. The highest BCUT2D eigenvalue weighted by Crippen LogP contribution is 2.02. The van der Waals surface area contributed by atoms with E-state index in [1.54, 1.807) is 12.3 Å². The maximum atomic E-state index is 9.99. The van der Waals surface area contributed by atoms with E-state index in [4.69, 9.17) is 0 Å². The van der Waals surface area contributed by atoms with Crippen molar-refractivity contribution in [3.05, 3.63) is 35.7 Å². The van der Waals surface area contributed by atoms with Crippen LogP contribution in [0.15, 0.2) is 24.4 Å². The summed E-state index contributed by atoms with van der Waals surface area (Å²) in [4.78, 5) is 14.2. The van der Waals surface area contributed by atoms with Crippen molar-refractivity contribution < 1.29 is 4.79 Å². The van der Waals surface area contributed by atoms with E-state index in [9.17, 15) is 4.79 Å². The molecule has 1 rings (SSSR count). The van der Waals surface area contributed by atoms with Crippen LogP contribution in [0.1, 0.15) is 18.2 Å². The molecule has 0 N–H and O–H groups in total. The first kappa shape index (κ1) is 8.65. The number of carbonyl (C=O) groups excluding carboxylic acids is 1. The zero-order valence-electron chi connectivity index (χ0n) is 7.03. The van der Waals surface area contributed by atoms with Gasteiger partial charge in [-0.15, -0.1) is 0 Å². The Bertz CT molecular complexity index is 274. The first-order chi connectivity index (χ1) is 5.86. The molecule has 0 amide bonds. The number of hydrogen-bond donors (Lipinski definition) is 0. The molecule has 0 aliphatic rings. The summed E-state index contributed by atoms with van der Waals surface area (Å²) in [6.45, 7) is 2.06. The van der Waals surface area contributed by atoms with Crippen LogP contribution >= 0.6 is 0 Å². The van der Waals surface area contributed by atoms with E-state index in [0.29, 0.717) is 0 Å². The van der Waals surface area contributed by atoms with Gasteiger partial charge in [0.1, 0.15) is 6.29 Å². The van der Waals surface area contributed by atoms with Crippen molar-refractivity contribution in [2.24, 2.45) is 0 Å². The monoisotopic (exact) mass is 161 g/mol. The molecule has 0 saturated carbocycles. The minimum atomic E-state index is 0.758. The molecule has 0 fully saturated rings. The van der Waals surface area contributed by atoms with Crippen LogP contribution in [0.2, 0.25) is 0 Å². The van der Waals surface area contributed by atoms with E-state index in [2.05, 4.69) is 11.9 Å². The highest BCUT2D eigenvalue weighted by Gasteiger charge is 1.89. The molecule has 2 nitrogen and oxygen atoms in total. The van der Waals surface area contributed by atoms with Crippen LogP contribution in [-0.2, 0) is 11.2 Å². The lowest BCUT2D eigenvalue weighted by molar-refractivity contribution is -0.104. The highest BCUT2D eigenvalue weighted by molar-refractivity contribution is 5.73. The number of carbonyl (C=O) groups is 1. The van der Waals surface area contributed by atoms with Crippen LogP contribution in [0.25, 0.3) is 6.08 Å². The smallest absolute Gasteiger partial charge is 0.142 e. The van der Waals surface area contributed by atoms with Crippen molar-refractivity contribution in [3.63, 3.8) is 0 Å². The first-order valence-electron chi connectivity index (χ1n) is 3.93. The Hall–Kier alpha value is -1.44. The van der Waals surface area contributed by atoms with Gasteiger partial charge in [-0.1, -0.05) is 19.1 Å². The fourth-order valence-corrected chi connectivity index (χ4v) is 0.894. The molecule has 0 spiro atoms. The van der Waals surface area contributed by atoms with Gasteiger partial charge in [0, 0.05) is 11.9 Å². The van der Waals surface area contributed by atoms with Crippen LogP contribution in [0.4, 0.5) is 0 Å². The number of nitrogens with zero attached hydrogens (tertiary/aromatic N) is 1. The van der Waals surface area contributed by atoms with Gasteiger partial charge in [-0.2, -0.15) is 0 Å². The predicted molar refractivity (Wildman–Crippen MR) is 48.7 cm³/mol. The SMILES string of the molecule is CCc1ccc(/C=C/C=O)cn1. The number of aldehydes is 1. The van der Waals surface area contributed by atoms with Crippen molar-refractivity contribution in [2.45, 2.75) is 13.3 Å². The van der Waals surface area contributed by atoms with Gasteiger partial charge < -0.3 is 0 Å². The lowest BCUT2D eigenvalue weighted by Gasteiger charge is -1.94. The molecule has 1 aromatic rings. The molecule has 0 aliphatic heterocycles. The van der Waals surface area contributed by atoms with E-state index < -0.39 is 0 Å². The Labute approximate surface area is 71.9 Å². The molecule has 0 saturated heterocycles. The minimum absolute atomic E-state index is 0.758. The number of pyridine rings is 1. The summed E-state index contributed by atoms with van der Waals surface area (Å²) >= 11 is 0. The Balaban J connectivity index is 2.77. The maximum Gasteiger partial charge on any atom is 0.142 e. The first-order valence-corrected chi connectivity index (χ1v) is 3.93. The van der Waals surface area contributed by atoms with Crippen LogP contribution in [0, 0.1) is 0 Å². The number of hydrogen-bond acceptors (Lipinski definition) is 2.